The fourth-order valence-electron chi connectivity index (χ4n) is 3.77. The fourth-order valence-corrected chi connectivity index (χ4v) is 4.20. The number of hydrogen-bond acceptors (Lipinski definition) is 3. The normalized spacial score (nSPS) is 12.9. The molecule has 4 rings (SSSR count). The number of halogens is 2. The fraction of sp³-hybridized carbons (Fsp3) is 0.217. The lowest BCUT2D eigenvalue weighted by molar-refractivity contribution is -0.132. The number of nitrogens with two attached hydrogens (primary N) is 1. The summed E-state index contributed by atoms with van der Waals surface area (Å²) >= 11 is 12.4. The van der Waals surface area contributed by atoms with E-state index < -0.39 is 5.91 Å². The van der Waals surface area contributed by atoms with Crippen LogP contribution in [0.2, 0.25) is 10.0 Å². The smallest absolute Gasteiger partial charge is 0.252 e. The van der Waals surface area contributed by atoms with Gasteiger partial charge in [-0.05, 0) is 24.1 Å². The van der Waals surface area contributed by atoms with Crippen LogP contribution in [0.25, 0.3) is 16.1 Å². The van der Waals surface area contributed by atoms with E-state index in [2.05, 4.69) is 9.94 Å². The van der Waals surface area contributed by atoms with Gasteiger partial charge < -0.3 is 10.6 Å². The lowest BCUT2D eigenvalue weighted by Gasteiger charge is -2.28. The van der Waals surface area contributed by atoms with Crippen LogP contribution in [0.1, 0.15) is 27.2 Å². The Morgan fingerprint density at radius 2 is 1.94 bits per heavy atom. The molecule has 2 amide bonds. The molecule has 0 fully saturated rings. The van der Waals surface area contributed by atoms with Gasteiger partial charge in [-0.15, -0.1) is 0 Å². The van der Waals surface area contributed by atoms with Gasteiger partial charge in [0.2, 0.25) is 11.6 Å². The van der Waals surface area contributed by atoms with Crippen LogP contribution in [0.5, 0.6) is 0 Å². The van der Waals surface area contributed by atoms with E-state index in [9.17, 15) is 9.59 Å². The number of hydrogen-bond donors (Lipinski definition) is 1. The summed E-state index contributed by atoms with van der Waals surface area (Å²) < 4.78 is 1.73. The van der Waals surface area contributed by atoms with Crippen LogP contribution < -0.4 is 5.73 Å². The zero-order valence-electron chi connectivity index (χ0n) is 17.2. The Hall–Kier alpha value is -3.34. The number of amides is 2. The van der Waals surface area contributed by atoms with Gasteiger partial charge in [0.05, 0.1) is 37.3 Å². The number of carbonyl (C=O) groups excluding carboxylic acids is 2. The van der Waals surface area contributed by atoms with Crippen molar-refractivity contribution in [2.24, 2.45) is 5.73 Å². The van der Waals surface area contributed by atoms with Gasteiger partial charge in [0.15, 0.2) is 0 Å². The van der Waals surface area contributed by atoms with Crippen molar-refractivity contribution in [1.29, 1.82) is 0 Å². The molecule has 0 bridgehead atoms. The predicted molar refractivity (Wildman–Crippen MR) is 123 cm³/mol. The Kier molecular flexibility index (Phi) is 5.92. The Morgan fingerprint density at radius 3 is 2.59 bits per heavy atom. The highest BCUT2D eigenvalue weighted by atomic mass is 35.5. The van der Waals surface area contributed by atoms with Crippen LogP contribution in [0, 0.1) is 13.5 Å². The maximum atomic E-state index is 12.9. The lowest BCUT2D eigenvalue weighted by Crippen LogP contribution is -2.40. The molecule has 2 aromatic carbocycles. The van der Waals surface area contributed by atoms with Crippen molar-refractivity contribution in [1.82, 2.24) is 14.7 Å². The molecule has 1 aliphatic rings. The maximum absolute atomic E-state index is 12.9. The molecule has 0 spiro atoms. The number of fused-ring (bicyclic) bond motifs is 1. The molecule has 162 valence electrons. The number of carbonyl (C=O) groups is 2. The number of nitrogens with zero attached hydrogens (tertiary/aromatic N) is 4. The van der Waals surface area contributed by atoms with E-state index in [1.165, 1.54) is 0 Å². The van der Waals surface area contributed by atoms with Crippen LogP contribution >= 0.6 is 23.2 Å². The average molecular weight is 468 g/mol. The highest BCUT2D eigenvalue weighted by Crippen LogP contribution is 2.31. The van der Waals surface area contributed by atoms with E-state index in [4.69, 9.17) is 35.5 Å². The minimum absolute atomic E-state index is 0.112. The predicted octanol–water partition coefficient (Wildman–Crippen LogP) is 4.40. The molecule has 2 heterocycles. The maximum Gasteiger partial charge on any atom is 0.252 e. The van der Waals surface area contributed by atoms with Gasteiger partial charge in [0.25, 0.3) is 5.91 Å². The summed E-state index contributed by atoms with van der Waals surface area (Å²) in [5.74, 6) is -0.715. The molecule has 0 saturated heterocycles. The summed E-state index contributed by atoms with van der Waals surface area (Å²) in [6.45, 7) is 10.1. The SMILES string of the molecule is [C-]#[N+]c1ccc(CC(=O)N2CCn3nc(-c4ccc(C)c(Cl)c4)c(C(N)=O)c3C2)cc1Cl. The van der Waals surface area contributed by atoms with E-state index >= 15 is 0 Å². The number of primary amides is 1. The van der Waals surface area contributed by atoms with Gasteiger partial charge in [-0.1, -0.05) is 53.5 Å². The minimum Gasteiger partial charge on any atom is -0.365 e. The summed E-state index contributed by atoms with van der Waals surface area (Å²) in [6.07, 6.45) is 0.137. The molecule has 3 aromatic rings. The molecule has 0 atom stereocenters. The molecule has 0 unspecified atom stereocenters. The van der Waals surface area contributed by atoms with Crippen LogP contribution in [0.3, 0.4) is 0 Å². The Balaban J connectivity index is 1.61. The van der Waals surface area contributed by atoms with E-state index in [0.717, 1.165) is 11.1 Å². The first-order chi connectivity index (χ1) is 15.3. The van der Waals surface area contributed by atoms with Crippen LogP contribution in [0.15, 0.2) is 36.4 Å². The molecular formula is C23H19Cl2N5O2. The number of aryl methyl sites for hydroxylation is 1. The second-order valence-electron chi connectivity index (χ2n) is 7.61. The van der Waals surface area contributed by atoms with E-state index in [-0.39, 0.29) is 18.9 Å². The van der Waals surface area contributed by atoms with Crippen LogP contribution in [-0.2, 0) is 24.3 Å². The third-order valence-electron chi connectivity index (χ3n) is 5.51. The highest BCUT2D eigenvalue weighted by molar-refractivity contribution is 6.33. The van der Waals surface area contributed by atoms with E-state index in [0.29, 0.717) is 51.3 Å². The van der Waals surface area contributed by atoms with Gasteiger partial charge in [0.1, 0.15) is 5.69 Å². The third-order valence-corrected chi connectivity index (χ3v) is 6.22. The number of rotatable bonds is 4. The summed E-state index contributed by atoms with van der Waals surface area (Å²) in [7, 11) is 0. The van der Waals surface area contributed by atoms with E-state index in [1.54, 1.807) is 33.8 Å². The van der Waals surface area contributed by atoms with Crippen molar-refractivity contribution in [2.45, 2.75) is 26.4 Å². The third kappa shape index (κ3) is 4.07. The highest BCUT2D eigenvalue weighted by Gasteiger charge is 2.29. The van der Waals surface area contributed by atoms with Crippen molar-refractivity contribution in [2.75, 3.05) is 6.54 Å². The monoisotopic (exact) mass is 467 g/mol. The van der Waals surface area contributed by atoms with Crippen molar-refractivity contribution < 1.29 is 9.59 Å². The summed E-state index contributed by atoms with van der Waals surface area (Å²) in [5, 5.41) is 5.49. The summed E-state index contributed by atoms with van der Waals surface area (Å²) in [4.78, 5) is 30.3. The van der Waals surface area contributed by atoms with Gasteiger partial charge in [-0.2, -0.15) is 5.10 Å². The zero-order chi connectivity index (χ0) is 23.0. The zero-order valence-corrected chi connectivity index (χ0v) is 18.7. The minimum atomic E-state index is -0.603. The molecule has 32 heavy (non-hydrogen) atoms. The Bertz CT molecular complexity index is 1290. The van der Waals surface area contributed by atoms with Crippen LogP contribution in [-0.4, -0.2) is 33.0 Å². The molecule has 9 heteroatoms. The second kappa shape index (κ2) is 8.65. The molecule has 1 aliphatic heterocycles. The topological polar surface area (TPSA) is 85.6 Å². The Labute approximate surface area is 195 Å². The quantitative estimate of drug-likeness (QED) is 0.576. The average Bonchev–Trinajstić information content (AvgIpc) is 3.14. The van der Waals surface area contributed by atoms with Crippen molar-refractivity contribution in [3.63, 3.8) is 0 Å². The Morgan fingerprint density at radius 1 is 1.16 bits per heavy atom. The first-order valence-corrected chi connectivity index (χ1v) is 10.6. The van der Waals surface area contributed by atoms with Crippen LogP contribution in [0.4, 0.5) is 5.69 Å². The summed E-state index contributed by atoms with van der Waals surface area (Å²) in [5.41, 5.74) is 9.75. The first kappa shape index (κ1) is 21.9. The molecule has 7 nitrogen and oxygen atoms in total. The number of aromatic nitrogens is 2. The molecule has 1 aromatic heterocycles. The van der Waals surface area contributed by atoms with Gasteiger partial charge in [-0.25, -0.2) is 4.85 Å². The van der Waals surface area contributed by atoms with E-state index in [1.807, 2.05) is 19.1 Å². The number of benzene rings is 2. The standard InChI is InChI=1S/C23H19Cl2N5O2/c1-13-3-5-15(11-16(13)24)22-21(23(26)32)19-12-29(7-8-30(19)28-22)20(31)10-14-4-6-18(27-2)17(25)9-14/h3-6,9,11H,7-8,10,12H2,1H3,(H2,26,32). The van der Waals surface area contributed by atoms with Crippen molar-refractivity contribution in [3.05, 3.63) is 80.2 Å². The van der Waals surface area contributed by atoms with Gasteiger partial charge in [-0.3, -0.25) is 14.3 Å². The second-order valence-corrected chi connectivity index (χ2v) is 8.43. The van der Waals surface area contributed by atoms with Crippen molar-refractivity contribution >= 4 is 40.7 Å². The molecule has 0 saturated carbocycles. The largest absolute Gasteiger partial charge is 0.365 e. The molecule has 0 radical (unpaired) electrons. The lowest BCUT2D eigenvalue weighted by atomic mass is 10.0. The molecule has 0 aliphatic carbocycles. The van der Waals surface area contributed by atoms with Crippen molar-refractivity contribution in [3.8, 4) is 11.3 Å². The summed E-state index contributed by atoms with van der Waals surface area (Å²) in [6, 6.07) is 10.4. The molecular weight excluding hydrogens is 449 g/mol. The van der Waals surface area contributed by atoms with Gasteiger partial charge >= 0.3 is 0 Å². The van der Waals surface area contributed by atoms with Gasteiger partial charge in [0, 0.05) is 22.2 Å². The molecule has 2 N–H and O–H groups in total. The first-order valence-electron chi connectivity index (χ1n) is 9.88.